The van der Waals surface area contributed by atoms with E-state index in [1.165, 1.54) is 0 Å². The molecule has 0 amide bonds. The van der Waals surface area contributed by atoms with Gasteiger partial charge in [-0.05, 0) is 38.3 Å². The van der Waals surface area contributed by atoms with Crippen LogP contribution in [0.15, 0.2) is 24.5 Å². The van der Waals surface area contributed by atoms with Crippen LogP contribution in [0.5, 0.6) is 0 Å². The van der Waals surface area contributed by atoms with E-state index in [-0.39, 0.29) is 12.0 Å². The number of carbonyl (C=O) groups excluding carboxylic acids is 1. The van der Waals surface area contributed by atoms with Crippen LogP contribution >= 0.6 is 0 Å². The first-order chi connectivity index (χ1) is 8.33. The number of hydrogen-bond donors (Lipinski definition) is 0. The monoisotopic (exact) mass is 234 g/mol. The van der Waals surface area contributed by atoms with Crippen LogP contribution in [0.1, 0.15) is 26.2 Å². The van der Waals surface area contributed by atoms with E-state index in [1.807, 2.05) is 19.1 Å². The molecule has 4 nitrogen and oxygen atoms in total. The maximum absolute atomic E-state index is 11.9. The van der Waals surface area contributed by atoms with Crippen molar-refractivity contribution in [2.45, 2.75) is 32.2 Å². The van der Waals surface area contributed by atoms with Gasteiger partial charge in [0.2, 0.25) is 0 Å². The van der Waals surface area contributed by atoms with Gasteiger partial charge in [-0.15, -0.1) is 0 Å². The number of anilines is 1. The second kappa shape index (κ2) is 5.66. The molecule has 1 saturated heterocycles. The van der Waals surface area contributed by atoms with Gasteiger partial charge >= 0.3 is 5.97 Å². The molecule has 2 rings (SSSR count). The summed E-state index contributed by atoms with van der Waals surface area (Å²) in [5, 5.41) is 0. The predicted molar refractivity (Wildman–Crippen MR) is 65.9 cm³/mol. The van der Waals surface area contributed by atoms with Gasteiger partial charge < -0.3 is 9.64 Å². The first-order valence-electron chi connectivity index (χ1n) is 6.16. The summed E-state index contributed by atoms with van der Waals surface area (Å²) in [5.41, 5.74) is 1.05. The van der Waals surface area contributed by atoms with E-state index in [1.54, 1.807) is 12.4 Å². The second-order valence-electron chi connectivity index (χ2n) is 4.16. The van der Waals surface area contributed by atoms with Crippen LogP contribution in [-0.4, -0.2) is 30.1 Å². The number of carbonyl (C=O) groups is 1. The van der Waals surface area contributed by atoms with Crippen LogP contribution < -0.4 is 4.90 Å². The smallest absolute Gasteiger partial charge is 0.328 e. The van der Waals surface area contributed by atoms with Gasteiger partial charge in [0.25, 0.3) is 0 Å². The quantitative estimate of drug-likeness (QED) is 0.750. The van der Waals surface area contributed by atoms with E-state index < -0.39 is 0 Å². The zero-order valence-corrected chi connectivity index (χ0v) is 10.1. The number of aromatic nitrogens is 1. The van der Waals surface area contributed by atoms with Crippen molar-refractivity contribution in [2.75, 3.05) is 18.1 Å². The average molecular weight is 234 g/mol. The average Bonchev–Trinajstić information content (AvgIpc) is 2.40. The fourth-order valence-electron chi connectivity index (χ4n) is 2.26. The van der Waals surface area contributed by atoms with E-state index in [4.69, 9.17) is 4.74 Å². The van der Waals surface area contributed by atoms with Crippen LogP contribution in [0.2, 0.25) is 0 Å². The third kappa shape index (κ3) is 2.75. The van der Waals surface area contributed by atoms with Crippen molar-refractivity contribution in [1.82, 2.24) is 4.98 Å². The Morgan fingerprint density at radius 3 is 2.94 bits per heavy atom. The summed E-state index contributed by atoms with van der Waals surface area (Å²) in [5.74, 6) is -0.107. The standard InChI is InChI=1S/C13H18N2O2/c1-2-17-13(16)12-5-3-4-10-15(12)11-6-8-14-9-7-11/h6-9,12H,2-5,10H2,1H3. The summed E-state index contributed by atoms with van der Waals surface area (Å²) >= 11 is 0. The molecule has 0 aliphatic carbocycles. The van der Waals surface area contributed by atoms with Gasteiger partial charge in [-0.2, -0.15) is 0 Å². The Bertz CT molecular complexity index is 367. The van der Waals surface area contributed by atoms with Crippen molar-refractivity contribution in [3.8, 4) is 0 Å². The SMILES string of the molecule is CCOC(=O)C1CCCCN1c1ccncc1. The molecule has 1 aliphatic heterocycles. The summed E-state index contributed by atoms with van der Waals surface area (Å²) in [6.07, 6.45) is 6.60. The molecule has 17 heavy (non-hydrogen) atoms. The number of piperidine rings is 1. The normalized spacial score (nSPS) is 20.1. The van der Waals surface area contributed by atoms with Gasteiger partial charge in [0.15, 0.2) is 0 Å². The zero-order chi connectivity index (χ0) is 12.1. The molecular formula is C13H18N2O2. The summed E-state index contributed by atoms with van der Waals surface area (Å²) < 4.78 is 5.14. The minimum absolute atomic E-state index is 0.107. The Balaban J connectivity index is 2.15. The largest absolute Gasteiger partial charge is 0.464 e. The second-order valence-corrected chi connectivity index (χ2v) is 4.16. The van der Waals surface area contributed by atoms with Gasteiger partial charge in [0, 0.05) is 24.6 Å². The summed E-state index contributed by atoms with van der Waals surface area (Å²) in [6.45, 7) is 3.20. The summed E-state index contributed by atoms with van der Waals surface area (Å²) in [4.78, 5) is 18.0. The van der Waals surface area contributed by atoms with Gasteiger partial charge in [0.05, 0.1) is 6.61 Å². The van der Waals surface area contributed by atoms with E-state index in [2.05, 4.69) is 9.88 Å². The van der Waals surface area contributed by atoms with Crippen LogP contribution in [0.3, 0.4) is 0 Å². The van der Waals surface area contributed by atoms with Crippen LogP contribution in [0, 0.1) is 0 Å². The van der Waals surface area contributed by atoms with E-state index in [0.717, 1.165) is 31.5 Å². The lowest BCUT2D eigenvalue weighted by Crippen LogP contribution is -2.45. The number of nitrogens with zero attached hydrogens (tertiary/aromatic N) is 2. The van der Waals surface area contributed by atoms with Gasteiger partial charge in [0.1, 0.15) is 6.04 Å². The minimum atomic E-state index is -0.133. The van der Waals surface area contributed by atoms with E-state index >= 15 is 0 Å². The molecule has 0 aromatic carbocycles. The molecule has 0 radical (unpaired) electrons. The highest BCUT2D eigenvalue weighted by atomic mass is 16.5. The molecule has 0 bridgehead atoms. The molecule has 1 atom stereocenters. The molecule has 4 heteroatoms. The maximum Gasteiger partial charge on any atom is 0.328 e. The van der Waals surface area contributed by atoms with Gasteiger partial charge in [-0.25, -0.2) is 4.79 Å². The summed E-state index contributed by atoms with van der Waals surface area (Å²) in [6, 6.07) is 3.75. The Hall–Kier alpha value is -1.58. The Morgan fingerprint density at radius 1 is 1.47 bits per heavy atom. The van der Waals surface area contributed by atoms with E-state index in [9.17, 15) is 4.79 Å². The Morgan fingerprint density at radius 2 is 2.24 bits per heavy atom. The molecule has 1 unspecified atom stereocenters. The Kier molecular flexibility index (Phi) is 3.96. The highest BCUT2D eigenvalue weighted by Crippen LogP contribution is 2.24. The molecule has 1 aromatic heterocycles. The topological polar surface area (TPSA) is 42.4 Å². The number of ether oxygens (including phenoxy) is 1. The number of pyridine rings is 1. The van der Waals surface area contributed by atoms with Crippen LogP contribution in [-0.2, 0) is 9.53 Å². The third-order valence-corrected chi connectivity index (χ3v) is 3.06. The fourth-order valence-corrected chi connectivity index (χ4v) is 2.26. The van der Waals surface area contributed by atoms with Crippen molar-refractivity contribution >= 4 is 11.7 Å². The predicted octanol–water partition coefficient (Wildman–Crippen LogP) is 2.00. The highest BCUT2D eigenvalue weighted by Gasteiger charge is 2.29. The van der Waals surface area contributed by atoms with E-state index in [0.29, 0.717) is 6.61 Å². The Labute approximate surface area is 102 Å². The number of hydrogen-bond acceptors (Lipinski definition) is 4. The number of esters is 1. The minimum Gasteiger partial charge on any atom is -0.464 e. The molecule has 1 fully saturated rings. The lowest BCUT2D eigenvalue weighted by Gasteiger charge is -2.35. The van der Waals surface area contributed by atoms with Crippen molar-refractivity contribution in [2.24, 2.45) is 0 Å². The fraction of sp³-hybridized carbons (Fsp3) is 0.538. The third-order valence-electron chi connectivity index (χ3n) is 3.06. The van der Waals surface area contributed by atoms with Gasteiger partial charge in [-0.1, -0.05) is 0 Å². The molecular weight excluding hydrogens is 216 g/mol. The van der Waals surface area contributed by atoms with Crippen molar-refractivity contribution < 1.29 is 9.53 Å². The lowest BCUT2D eigenvalue weighted by molar-refractivity contribution is -0.145. The van der Waals surface area contributed by atoms with Crippen molar-refractivity contribution in [3.63, 3.8) is 0 Å². The molecule has 0 spiro atoms. The highest BCUT2D eigenvalue weighted by molar-refractivity contribution is 5.80. The number of rotatable bonds is 3. The molecule has 1 aliphatic rings. The lowest BCUT2D eigenvalue weighted by atomic mass is 10.0. The molecule has 0 N–H and O–H groups in total. The first kappa shape index (κ1) is 11.9. The van der Waals surface area contributed by atoms with Crippen LogP contribution in [0.4, 0.5) is 5.69 Å². The van der Waals surface area contributed by atoms with Gasteiger partial charge in [-0.3, -0.25) is 4.98 Å². The first-order valence-corrected chi connectivity index (χ1v) is 6.16. The molecule has 0 saturated carbocycles. The van der Waals surface area contributed by atoms with Crippen molar-refractivity contribution in [3.05, 3.63) is 24.5 Å². The zero-order valence-electron chi connectivity index (χ0n) is 10.1. The van der Waals surface area contributed by atoms with Crippen LogP contribution in [0.25, 0.3) is 0 Å². The summed E-state index contributed by atoms with van der Waals surface area (Å²) in [7, 11) is 0. The molecule has 1 aromatic rings. The van der Waals surface area contributed by atoms with Crippen molar-refractivity contribution in [1.29, 1.82) is 0 Å². The molecule has 92 valence electrons. The maximum atomic E-state index is 11.9. The molecule has 2 heterocycles.